The van der Waals surface area contributed by atoms with Crippen LogP contribution < -0.4 is 4.90 Å². The van der Waals surface area contributed by atoms with Gasteiger partial charge in [0, 0.05) is 32.4 Å². The lowest BCUT2D eigenvalue weighted by molar-refractivity contribution is -0.145. The Labute approximate surface area is 181 Å². The van der Waals surface area contributed by atoms with Crippen molar-refractivity contribution in [3.63, 3.8) is 0 Å². The van der Waals surface area contributed by atoms with Gasteiger partial charge in [0.1, 0.15) is 5.82 Å². The zero-order valence-electron chi connectivity index (χ0n) is 17.1. The first-order chi connectivity index (χ1) is 14.8. The zero-order chi connectivity index (χ0) is 22.1. The summed E-state index contributed by atoms with van der Waals surface area (Å²) >= 11 is 0. The molecule has 1 aromatic heterocycles. The number of hydrogen-bond acceptors (Lipinski definition) is 6. The summed E-state index contributed by atoms with van der Waals surface area (Å²) in [6.45, 7) is 1.49. The van der Waals surface area contributed by atoms with Crippen molar-refractivity contribution in [2.45, 2.75) is 18.3 Å². The SMILES string of the molecule is O=C(c1ccc(N2CCS(=O)(=O)CC2)nc1)N1CCC(C(=O)O)(c2ccccc2)CC1. The molecule has 8 nitrogen and oxygen atoms in total. The van der Waals surface area contributed by atoms with Gasteiger partial charge in [0.05, 0.1) is 22.5 Å². The number of piperidine rings is 1. The van der Waals surface area contributed by atoms with Gasteiger partial charge in [-0.15, -0.1) is 0 Å². The third-order valence-electron chi connectivity index (χ3n) is 6.30. The van der Waals surface area contributed by atoms with Crippen molar-refractivity contribution in [1.29, 1.82) is 0 Å². The molecule has 1 amide bonds. The number of nitrogens with zero attached hydrogens (tertiary/aromatic N) is 3. The number of carboxylic acids is 1. The van der Waals surface area contributed by atoms with Gasteiger partial charge in [0.15, 0.2) is 9.84 Å². The molecule has 3 heterocycles. The van der Waals surface area contributed by atoms with Crippen LogP contribution in [0.3, 0.4) is 0 Å². The molecule has 2 aromatic rings. The van der Waals surface area contributed by atoms with E-state index in [2.05, 4.69) is 4.98 Å². The molecular weight excluding hydrogens is 418 g/mol. The average molecular weight is 444 g/mol. The van der Waals surface area contributed by atoms with Gasteiger partial charge in [0.2, 0.25) is 0 Å². The van der Waals surface area contributed by atoms with Crippen LogP contribution in [-0.2, 0) is 20.0 Å². The number of anilines is 1. The minimum atomic E-state index is -2.97. The molecular formula is C22H25N3O5S. The third-order valence-corrected chi connectivity index (χ3v) is 7.91. The molecule has 0 spiro atoms. The topological polar surface area (TPSA) is 108 Å². The van der Waals surface area contributed by atoms with E-state index in [4.69, 9.17) is 0 Å². The summed E-state index contributed by atoms with van der Waals surface area (Å²) in [5, 5.41) is 9.92. The summed E-state index contributed by atoms with van der Waals surface area (Å²) in [4.78, 5) is 33.0. The third kappa shape index (κ3) is 4.27. The van der Waals surface area contributed by atoms with Crippen molar-refractivity contribution in [2.75, 3.05) is 42.6 Å². The van der Waals surface area contributed by atoms with E-state index >= 15 is 0 Å². The van der Waals surface area contributed by atoms with Crippen molar-refractivity contribution in [2.24, 2.45) is 0 Å². The summed E-state index contributed by atoms with van der Waals surface area (Å²) in [6.07, 6.45) is 2.22. The molecule has 2 aliphatic rings. The van der Waals surface area contributed by atoms with Gasteiger partial charge >= 0.3 is 5.97 Å². The lowest BCUT2D eigenvalue weighted by atomic mass is 9.73. The van der Waals surface area contributed by atoms with Gasteiger partial charge < -0.3 is 14.9 Å². The number of rotatable bonds is 4. The van der Waals surface area contributed by atoms with Gasteiger partial charge in [-0.3, -0.25) is 9.59 Å². The van der Waals surface area contributed by atoms with E-state index in [9.17, 15) is 23.1 Å². The molecule has 4 rings (SSSR count). The Hall–Kier alpha value is -2.94. The monoisotopic (exact) mass is 443 g/mol. The van der Waals surface area contributed by atoms with E-state index in [-0.39, 0.29) is 17.4 Å². The highest BCUT2D eigenvalue weighted by atomic mass is 32.2. The maximum Gasteiger partial charge on any atom is 0.314 e. The molecule has 2 aliphatic heterocycles. The molecule has 0 atom stereocenters. The molecule has 0 bridgehead atoms. The molecule has 0 radical (unpaired) electrons. The number of carbonyl (C=O) groups is 2. The van der Waals surface area contributed by atoms with Crippen LogP contribution in [0.5, 0.6) is 0 Å². The largest absolute Gasteiger partial charge is 0.481 e. The van der Waals surface area contributed by atoms with Crippen LogP contribution in [0.15, 0.2) is 48.7 Å². The molecule has 9 heteroatoms. The number of carboxylic acid groups (broad SMARTS) is 1. The summed E-state index contributed by atoms with van der Waals surface area (Å²) in [6, 6.07) is 12.6. The Morgan fingerprint density at radius 1 is 0.935 bits per heavy atom. The molecule has 2 fully saturated rings. The van der Waals surface area contributed by atoms with Crippen molar-refractivity contribution in [3.05, 3.63) is 59.8 Å². The van der Waals surface area contributed by atoms with E-state index < -0.39 is 21.2 Å². The van der Waals surface area contributed by atoms with Gasteiger partial charge in [-0.25, -0.2) is 13.4 Å². The zero-order valence-corrected chi connectivity index (χ0v) is 17.9. The van der Waals surface area contributed by atoms with Crippen LogP contribution >= 0.6 is 0 Å². The van der Waals surface area contributed by atoms with Gasteiger partial charge in [-0.2, -0.15) is 0 Å². The van der Waals surface area contributed by atoms with E-state index in [1.807, 2.05) is 35.2 Å². The maximum absolute atomic E-state index is 12.9. The fraction of sp³-hybridized carbons (Fsp3) is 0.409. The van der Waals surface area contributed by atoms with E-state index in [0.717, 1.165) is 5.56 Å². The minimum Gasteiger partial charge on any atom is -0.481 e. The predicted octanol–water partition coefficient (Wildman–Crippen LogP) is 1.58. The van der Waals surface area contributed by atoms with Crippen LogP contribution in [0.1, 0.15) is 28.8 Å². The van der Waals surface area contributed by atoms with E-state index in [0.29, 0.717) is 50.4 Å². The van der Waals surface area contributed by atoms with Gasteiger partial charge in [-0.05, 0) is 30.5 Å². The fourth-order valence-corrected chi connectivity index (χ4v) is 5.50. The highest BCUT2D eigenvalue weighted by Gasteiger charge is 2.44. The van der Waals surface area contributed by atoms with Crippen LogP contribution in [-0.4, -0.2) is 73.0 Å². The first-order valence-corrected chi connectivity index (χ1v) is 12.1. The van der Waals surface area contributed by atoms with Crippen molar-refractivity contribution < 1.29 is 23.1 Å². The van der Waals surface area contributed by atoms with Crippen LogP contribution in [0.4, 0.5) is 5.82 Å². The molecule has 2 saturated heterocycles. The number of benzene rings is 1. The number of likely N-dealkylation sites (tertiary alicyclic amines) is 1. The van der Waals surface area contributed by atoms with Gasteiger partial charge in [-0.1, -0.05) is 30.3 Å². The Balaban J connectivity index is 1.42. The lowest BCUT2D eigenvalue weighted by Gasteiger charge is -2.39. The Morgan fingerprint density at radius 3 is 2.13 bits per heavy atom. The van der Waals surface area contributed by atoms with Crippen LogP contribution in [0.2, 0.25) is 0 Å². The number of pyridine rings is 1. The molecule has 31 heavy (non-hydrogen) atoms. The minimum absolute atomic E-state index is 0.107. The molecule has 164 valence electrons. The number of carbonyl (C=O) groups excluding carboxylic acids is 1. The van der Waals surface area contributed by atoms with Crippen LogP contribution in [0.25, 0.3) is 0 Å². The smallest absolute Gasteiger partial charge is 0.314 e. The molecule has 0 saturated carbocycles. The molecule has 1 aromatic carbocycles. The van der Waals surface area contributed by atoms with E-state index in [1.54, 1.807) is 17.0 Å². The maximum atomic E-state index is 12.9. The Morgan fingerprint density at radius 2 is 1.58 bits per heavy atom. The Bertz CT molecular complexity index is 1050. The number of hydrogen-bond donors (Lipinski definition) is 1. The predicted molar refractivity (Wildman–Crippen MR) is 116 cm³/mol. The van der Waals surface area contributed by atoms with Crippen molar-refractivity contribution in [3.8, 4) is 0 Å². The Kier molecular flexibility index (Phi) is 5.70. The second-order valence-corrected chi connectivity index (χ2v) is 10.4. The number of amides is 1. The molecule has 0 unspecified atom stereocenters. The quantitative estimate of drug-likeness (QED) is 0.764. The van der Waals surface area contributed by atoms with E-state index in [1.165, 1.54) is 6.20 Å². The van der Waals surface area contributed by atoms with Crippen LogP contribution in [0, 0.1) is 0 Å². The number of aliphatic carboxylic acids is 1. The first-order valence-electron chi connectivity index (χ1n) is 10.3. The van der Waals surface area contributed by atoms with Gasteiger partial charge in [0.25, 0.3) is 5.91 Å². The number of sulfone groups is 1. The second kappa shape index (κ2) is 8.30. The summed E-state index contributed by atoms with van der Waals surface area (Å²) in [7, 11) is -2.97. The highest BCUT2D eigenvalue weighted by molar-refractivity contribution is 7.91. The highest BCUT2D eigenvalue weighted by Crippen LogP contribution is 2.36. The number of aromatic nitrogens is 1. The normalized spacial score (nSPS) is 20.3. The second-order valence-electron chi connectivity index (χ2n) is 8.09. The first kappa shape index (κ1) is 21.3. The standard InChI is InChI=1S/C22H25N3O5S/c26-20(17-6-7-19(23-16-17)24-12-14-31(29,30)15-13-24)25-10-8-22(9-11-25,21(27)28)18-4-2-1-3-5-18/h1-7,16H,8-15H2,(H,27,28). The average Bonchev–Trinajstić information content (AvgIpc) is 2.79. The summed E-state index contributed by atoms with van der Waals surface area (Å²) in [5.74, 6) is -0.169. The molecule has 1 N–H and O–H groups in total. The lowest BCUT2D eigenvalue weighted by Crippen LogP contribution is -2.49. The molecule has 0 aliphatic carbocycles. The summed E-state index contributed by atoms with van der Waals surface area (Å²) < 4.78 is 23.2. The summed E-state index contributed by atoms with van der Waals surface area (Å²) in [5.41, 5.74) is 0.231. The van der Waals surface area contributed by atoms with Crippen molar-refractivity contribution in [1.82, 2.24) is 9.88 Å². The fourth-order valence-electron chi connectivity index (χ4n) is 4.30. The van der Waals surface area contributed by atoms with Crippen molar-refractivity contribution >= 4 is 27.5 Å².